The number of hydrogen-bond acceptors (Lipinski definition) is 8. The number of anilines is 2. The van der Waals surface area contributed by atoms with Gasteiger partial charge < -0.3 is 19.3 Å². The summed E-state index contributed by atoms with van der Waals surface area (Å²) in [6.45, 7) is 11.1. The minimum absolute atomic E-state index is 0.0188. The van der Waals surface area contributed by atoms with Crippen LogP contribution in [0.25, 0.3) is 0 Å². The summed E-state index contributed by atoms with van der Waals surface area (Å²) in [5.41, 5.74) is -3.26. The smallest absolute Gasteiger partial charge is 0.419 e. The van der Waals surface area contributed by atoms with Gasteiger partial charge in [-0.25, -0.2) is 9.78 Å². The molecule has 0 saturated carbocycles. The van der Waals surface area contributed by atoms with Crippen molar-refractivity contribution in [1.29, 1.82) is 5.26 Å². The molecule has 248 valence electrons. The van der Waals surface area contributed by atoms with E-state index in [4.69, 9.17) is 27.0 Å². The maximum atomic E-state index is 13.6. The standard InChI is InChI=1S/C31H36F4N6O4S/c1-29(2,3)45-28(43)39-12-10-38(11-13-39)14-15-44-25-7-6-21(16-20(25)8-9-32)41-27(46)40(26(42)30(41,4)5)22-17-23(31(33,34)35)24(18-36)37-19-22/h6-7,16-17,19H,8-15H2,1-5H3. The van der Waals surface area contributed by atoms with Crippen LogP contribution in [0.2, 0.25) is 0 Å². The van der Waals surface area contributed by atoms with Gasteiger partial charge in [0.2, 0.25) is 0 Å². The molecule has 2 fully saturated rings. The highest BCUT2D eigenvalue weighted by atomic mass is 32.1. The zero-order chi connectivity index (χ0) is 34.0. The van der Waals surface area contributed by atoms with Crippen molar-refractivity contribution >= 4 is 40.7 Å². The number of amides is 2. The van der Waals surface area contributed by atoms with E-state index in [0.717, 1.165) is 11.1 Å². The lowest BCUT2D eigenvalue weighted by Gasteiger charge is -2.35. The van der Waals surface area contributed by atoms with Gasteiger partial charge in [0, 0.05) is 44.8 Å². The SMILES string of the molecule is CC(C)(C)OC(=O)N1CCN(CCOc2ccc(N3C(=S)N(c4cnc(C#N)c(C(F)(F)F)c4)C(=O)C3(C)C)cc2CCF)CC1. The Balaban J connectivity index is 1.47. The van der Waals surface area contributed by atoms with Crippen molar-refractivity contribution in [3.05, 3.63) is 47.3 Å². The van der Waals surface area contributed by atoms with Gasteiger partial charge in [-0.3, -0.25) is 19.0 Å². The number of halogens is 4. The molecule has 2 amide bonds. The summed E-state index contributed by atoms with van der Waals surface area (Å²) < 4.78 is 66.0. The van der Waals surface area contributed by atoms with Crippen molar-refractivity contribution in [2.45, 2.75) is 58.4 Å². The van der Waals surface area contributed by atoms with Crippen LogP contribution in [0.1, 0.15) is 51.4 Å². The molecule has 4 rings (SSSR count). The van der Waals surface area contributed by atoms with Gasteiger partial charge in [0.25, 0.3) is 5.91 Å². The number of hydrogen-bond donors (Lipinski definition) is 0. The summed E-state index contributed by atoms with van der Waals surface area (Å²) in [7, 11) is 0. The normalized spacial score (nSPS) is 17.3. The number of ether oxygens (including phenoxy) is 2. The lowest BCUT2D eigenvalue weighted by molar-refractivity contribution is -0.138. The number of carbonyl (C=O) groups excluding carboxylic acids is 2. The molecule has 15 heteroatoms. The molecule has 1 aromatic heterocycles. The fraction of sp³-hybridized carbons (Fsp3) is 0.516. The van der Waals surface area contributed by atoms with Gasteiger partial charge in [-0.2, -0.15) is 18.4 Å². The highest BCUT2D eigenvalue weighted by molar-refractivity contribution is 7.81. The molecule has 0 spiro atoms. The van der Waals surface area contributed by atoms with Gasteiger partial charge in [0.15, 0.2) is 10.8 Å². The highest BCUT2D eigenvalue weighted by Gasteiger charge is 2.51. The largest absolute Gasteiger partial charge is 0.492 e. The predicted molar refractivity (Wildman–Crippen MR) is 166 cm³/mol. The first-order valence-electron chi connectivity index (χ1n) is 14.7. The number of aromatic nitrogens is 1. The molecule has 1 aromatic carbocycles. The number of nitriles is 1. The van der Waals surface area contributed by atoms with Crippen LogP contribution >= 0.6 is 12.2 Å². The molecule has 2 aliphatic heterocycles. The Kier molecular flexibility index (Phi) is 10.1. The van der Waals surface area contributed by atoms with Crippen molar-refractivity contribution < 1.29 is 36.6 Å². The topological polar surface area (TPSA) is 102 Å². The molecule has 0 aliphatic carbocycles. The third-order valence-electron chi connectivity index (χ3n) is 7.57. The molecule has 0 radical (unpaired) electrons. The Morgan fingerprint density at radius 3 is 2.37 bits per heavy atom. The fourth-order valence-electron chi connectivity index (χ4n) is 5.25. The molecule has 0 bridgehead atoms. The number of pyridine rings is 1. The molecule has 2 saturated heterocycles. The van der Waals surface area contributed by atoms with Crippen molar-refractivity contribution in [1.82, 2.24) is 14.8 Å². The summed E-state index contributed by atoms with van der Waals surface area (Å²) >= 11 is 5.60. The number of carbonyl (C=O) groups is 2. The van der Waals surface area contributed by atoms with Crippen LogP contribution in [-0.4, -0.2) is 89.0 Å². The lowest BCUT2D eigenvalue weighted by atomic mass is 10.0. The van der Waals surface area contributed by atoms with Crippen LogP contribution in [0.4, 0.5) is 33.7 Å². The van der Waals surface area contributed by atoms with E-state index in [1.807, 2.05) is 20.8 Å². The molecular weight excluding hydrogens is 628 g/mol. The summed E-state index contributed by atoms with van der Waals surface area (Å²) in [6, 6.07) is 7.05. The molecule has 10 nitrogen and oxygen atoms in total. The molecular formula is C31H36F4N6O4S. The third kappa shape index (κ3) is 7.50. The van der Waals surface area contributed by atoms with Crippen molar-refractivity contribution in [2.24, 2.45) is 0 Å². The van der Waals surface area contributed by atoms with Crippen LogP contribution in [0.3, 0.4) is 0 Å². The Morgan fingerprint density at radius 2 is 1.78 bits per heavy atom. The van der Waals surface area contributed by atoms with E-state index in [-0.39, 0.29) is 23.3 Å². The Bertz CT molecular complexity index is 1530. The van der Waals surface area contributed by atoms with Crippen LogP contribution < -0.4 is 14.5 Å². The summed E-state index contributed by atoms with van der Waals surface area (Å²) in [6.07, 6.45) is -4.20. The van der Waals surface area contributed by atoms with E-state index in [9.17, 15) is 27.2 Å². The van der Waals surface area contributed by atoms with E-state index in [0.29, 0.717) is 62.4 Å². The molecule has 0 N–H and O–H groups in total. The number of alkyl halides is 4. The maximum absolute atomic E-state index is 13.6. The van der Waals surface area contributed by atoms with Gasteiger partial charge in [-0.15, -0.1) is 0 Å². The highest BCUT2D eigenvalue weighted by Crippen LogP contribution is 2.40. The van der Waals surface area contributed by atoms with Gasteiger partial charge in [0.05, 0.1) is 24.1 Å². The summed E-state index contributed by atoms with van der Waals surface area (Å²) in [4.78, 5) is 35.7. The molecule has 0 atom stereocenters. The van der Waals surface area contributed by atoms with E-state index < -0.39 is 41.2 Å². The number of rotatable bonds is 8. The first kappa shape index (κ1) is 34.8. The van der Waals surface area contributed by atoms with Crippen molar-refractivity contribution in [3.63, 3.8) is 0 Å². The van der Waals surface area contributed by atoms with E-state index >= 15 is 0 Å². The number of thiocarbonyl (C=S) groups is 1. The second kappa shape index (κ2) is 13.4. The van der Waals surface area contributed by atoms with Crippen molar-refractivity contribution in [3.8, 4) is 11.8 Å². The second-order valence-corrected chi connectivity index (χ2v) is 12.8. The zero-order valence-electron chi connectivity index (χ0n) is 26.3. The van der Waals surface area contributed by atoms with E-state index in [2.05, 4.69) is 9.88 Å². The van der Waals surface area contributed by atoms with Gasteiger partial charge in [0.1, 0.15) is 29.6 Å². The molecule has 46 heavy (non-hydrogen) atoms. The van der Waals surface area contributed by atoms with Crippen LogP contribution in [-0.2, 0) is 22.1 Å². The van der Waals surface area contributed by atoms with Crippen molar-refractivity contribution in [2.75, 3.05) is 55.8 Å². The summed E-state index contributed by atoms with van der Waals surface area (Å²) in [5, 5.41) is 9.01. The molecule has 0 unspecified atom stereocenters. The minimum Gasteiger partial charge on any atom is -0.492 e. The third-order valence-corrected chi connectivity index (χ3v) is 7.93. The van der Waals surface area contributed by atoms with Crippen LogP contribution in [0.5, 0.6) is 5.75 Å². The molecule has 3 heterocycles. The Morgan fingerprint density at radius 1 is 1.11 bits per heavy atom. The average molecular weight is 665 g/mol. The van der Waals surface area contributed by atoms with Gasteiger partial charge in [-0.05, 0) is 76.7 Å². The number of nitrogens with zero attached hydrogens (tertiary/aromatic N) is 6. The second-order valence-electron chi connectivity index (χ2n) is 12.4. The van der Waals surface area contributed by atoms with E-state index in [1.165, 1.54) is 11.0 Å². The van der Waals surface area contributed by atoms with Crippen LogP contribution in [0, 0.1) is 11.3 Å². The maximum Gasteiger partial charge on any atom is 0.419 e. The van der Waals surface area contributed by atoms with Gasteiger partial charge >= 0.3 is 12.3 Å². The number of piperazine rings is 1. The Labute approximate surface area is 270 Å². The molecule has 2 aliphatic rings. The Hall–Kier alpha value is -4.03. The summed E-state index contributed by atoms with van der Waals surface area (Å²) in [5.74, 6) is -0.151. The first-order chi connectivity index (χ1) is 21.5. The fourth-order valence-corrected chi connectivity index (χ4v) is 5.77. The quantitative estimate of drug-likeness (QED) is 0.274. The zero-order valence-corrected chi connectivity index (χ0v) is 27.1. The number of benzene rings is 1. The first-order valence-corrected chi connectivity index (χ1v) is 15.1. The lowest BCUT2D eigenvalue weighted by Crippen LogP contribution is -2.50. The monoisotopic (exact) mass is 664 g/mol. The minimum atomic E-state index is -4.88. The molecule has 2 aromatic rings. The number of aryl methyl sites for hydroxylation is 1. The average Bonchev–Trinajstić information content (AvgIpc) is 3.15. The predicted octanol–water partition coefficient (Wildman–Crippen LogP) is 5.33. The van der Waals surface area contributed by atoms with Gasteiger partial charge in [-0.1, -0.05) is 0 Å². The van der Waals surface area contributed by atoms with E-state index in [1.54, 1.807) is 36.9 Å². The van der Waals surface area contributed by atoms with Crippen LogP contribution in [0.15, 0.2) is 30.5 Å².